The van der Waals surface area contributed by atoms with Gasteiger partial charge in [0.1, 0.15) is 11.4 Å². The predicted molar refractivity (Wildman–Crippen MR) is 180 cm³/mol. The first kappa shape index (κ1) is 33.4. The van der Waals surface area contributed by atoms with Crippen LogP contribution in [-0.4, -0.2) is 86.8 Å². The zero-order valence-electron chi connectivity index (χ0n) is 22.8. The summed E-state index contributed by atoms with van der Waals surface area (Å²) < 4.78 is 34.4. The van der Waals surface area contributed by atoms with Gasteiger partial charge in [-0.2, -0.15) is 13.4 Å². The number of carbonyl (C=O) groups excluding carboxylic acids is 2. The van der Waals surface area contributed by atoms with Crippen molar-refractivity contribution in [2.45, 2.75) is 6.04 Å². The molecule has 10 N–H and O–H groups in total. The number of aliphatic imine (C=N–C) groups is 2. The van der Waals surface area contributed by atoms with Crippen LogP contribution in [0.1, 0.15) is 32.7 Å². The molecule has 45 heavy (non-hydrogen) atoms. The van der Waals surface area contributed by atoms with Gasteiger partial charge in [0.15, 0.2) is 11.8 Å². The lowest BCUT2D eigenvalue weighted by molar-refractivity contribution is 0.0897. The van der Waals surface area contributed by atoms with Crippen LogP contribution in [0.4, 0.5) is 5.95 Å². The predicted octanol–water partition coefficient (Wildman–Crippen LogP) is 2.65. The van der Waals surface area contributed by atoms with Gasteiger partial charge in [0.25, 0.3) is 21.9 Å². The van der Waals surface area contributed by atoms with Gasteiger partial charge >= 0.3 is 0 Å². The Bertz CT molecular complexity index is 1810. The standard InChI is InChI=1S/C24H25Br4N11O5S/c25-11-4-13(35-18(11)27)21(40)32-6-9-3-16-20(31-1-2-45(42,43)44)38-24(30)39(16)17(15-8-34-23(29)37-15)10(9)7-33-22(41)14-5-12(26)19(28)36-14/h3-5,8-10,17,35-36H,1-2,6-7H2,(H,32,40)(H,33,41)(H3,29,34,37)(H2,30,31,38)(H,42,43,44)/t9-,10-,17-/m0/s1. The van der Waals surface area contributed by atoms with Crippen LogP contribution in [0.3, 0.4) is 0 Å². The Morgan fingerprint density at radius 3 is 2.11 bits per heavy atom. The number of H-pyrrole nitrogens is 3. The fourth-order valence-electron chi connectivity index (χ4n) is 5.04. The van der Waals surface area contributed by atoms with Crippen molar-refractivity contribution in [3.8, 4) is 0 Å². The van der Waals surface area contributed by atoms with Crippen molar-refractivity contribution in [2.24, 2.45) is 27.6 Å². The van der Waals surface area contributed by atoms with Crippen LogP contribution in [0, 0.1) is 11.8 Å². The summed E-state index contributed by atoms with van der Waals surface area (Å²) in [6, 6.07) is 2.63. The van der Waals surface area contributed by atoms with Gasteiger partial charge in [0, 0.05) is 24.9 Å². The molecule has 21 heteroatoms. The molecule has 16 nitrogen and oxygen atoms in total. The molecule has 0 bridgehead atoms. The van der Waals surface area contributed by atoms with E-state index < -0.39 is 33.7 Å². The van der Waals surface area contributed by atoms with E-state index in [1.165, 1.54) is 0 Å². The summed E-state index contributed by atoms with van der Waals surface area (Å²) in [6.07, 6.45) is 3.35. The van der Waals surface area contributed by atoms with E-state index in [0.29, 0.717) is 40.9 Å². The molecule has 240 valence electrons. The Balaban J connectivity index is 1.51. The molecule has 5 heterocycles. The van der Waals surface area contributed by atoms with E-state index in [2.05, 4.69) is 104 Å². The number of anilines is 1. The Kier molecular flexibility index (Phi) is 9.94. The highest BCUT2D eigenvalue weighted by Gasteiger charge is 2.45. The number of fused-ring (bicyclic) bond motifs is 1. The second-order valence-electron chi connectivity index (χ2n) is 9.99. The first-order valence-electron chi connectivity index (χ1n) is 13.0. The van der Waals surface area contributed by atoms with Gasteiger partial charge in [-0.25, -0.2) is 4.98 Å². The lowest BCUT2D eigenvalue weighted by Crippen LogP contribution is -2.50. The average molecular weight is 899 g/mol. The molecule has 3 aromatic heterocycles. The molecule has 3 atom stereocenters. The van der Waals surface area contributed by atoms with E-state index >= 15 is 0 Å². The van der Waals surface area contributed by atoms with Crippen molar-refractivity contribution in [3.63, 3.8) is 0 Å². The highest BCUT2D eigenvalue weighted by molar-refractivity contribution is 9.13. The van der Waals surface area contributed by atoms with Crippen molar-refractivity contribution in [3.05, 3.63) is 65.3 Å². The van der Waals surface area contributed by atoms with E-state index in [1.807, 2.05) is 6.08 Å². The Hall–Kier alpha value is -2.98. The number of amidine groups is 1. The second-order valence-corrected chi connectivity index (χ2v) is 14.9. The SMILES string of the molecule is NC1=NC(=NCCS(=O)(=O)O)C2=C[C@@H](CNC(=O)c3cc(Br)c(Br)[nH]3)[C@H](CNC(=O)c3cc(Br)c(Br)[nH]3)[C@@H](c3cnc(N)[nH]3)N21. The number of hydrogen-bond acceptors (Lipinski definition) is 9. The molecular formula is C24H25Br4N11O5S. The zero-order chi connectivity index (χ0) is 32.6. The summed E-state index contributed by atoms with van der Waals surface area (Å²) >= 11 is 13.4. The Labute approximate surface area is 289 Å². The summed E-state index contributed by atoms with van der Waals surface area (Å²) in [7, 11) is -4.27. The van der Waals surface area contributed by atoms with Crippen LogP contribution in [0.25, 0.3) is 0 Å². The summed E-state index contributed by atoms with van der Waals surface area (Å²) in [6.45, 7) is -0.0426. The fourth-order valence-corrected chi connectivity index (χ4v) is 6.68. The molecule has 0 fully saturated rings. The maximum Gasteiger partial charge on any atom is 0.267 e. The number of hydrogen-bond donors (Lipinski definition) is 8. The van der Waals surface area contributed by atoms with Crippen molar-refractivity contribution in [1.82, 2.24) is 35.5 Å². The third-order valence-corrected chi connectivity index (χ3v) is 11.3. The van der Waals surface area contributed by atoms with Crippen molar-refractivity contribution in [1.29, 1.82) is 0 Å². The van der Waals surface area contributed by atoms with Gasteiger partial charge in [-0.05, 0) is 75.9 Å². The molecule has 2 aliphatic heterocycles. The van der Waals surface area contributed by atoms with Crippen LogP contribution in [-0.2, 0) is 10.1 Å². The molecule has 0 saturated carbocycles. The summed E-state index contributed by atoms with van der Waals surface area (Å²) in [5.41, 5.74) is 14.0. The number of nitrogens with two attached hydrogens (primary N) is 2. The number of rotatable bonds is 10. The fraction of sp³-hybridized carbons (Fsp3) is 0.292. The zero-order valence-corrected chi connectivity index (χ0v) is 30.0. The average Bonchev–Trinajstić information content (AvgIpc) is 3.72. The maximum atomic E-state index is 13.2. The molecule has 2 amide bonds. The van der Waals surface area contributed by atoms with Gasteiger partial charge in [-0.1, -0.05) is 6.08 Å². The highest BCUT2D eigenvalue weighted by atomic mass is 79.9. The van der Waals surface area contributed by atoms with E-state index in [0.717, 1.165) is 0 Å². The van der Waals surface area contributed by atoms with Crippen LogP contribution in [0.5, 0.6) is 0 Å². The lowest BCUT2D eigenvalue weighted by Gasteiger charge is -2.42. The van der Waals surface area contributed by atoms with Gasteiger partial charge in [-0.15, -0.1) is 0 Å². The number of carbonyl (C=O) groups is 2. The molecule has 0 radical (unpaired) electrons. The number of nitrogens with zero attached hydrogens (tertiary/aromatic N) is 4. The van der Waals surface area contributed by atoms with Crippen LogP contribution < -0.4 is 22.1 Å². The minimum atomic E-state index is -4.27. The number of nitrogens with one attached hydrogen (secondary N) is 5. The minimum absolute atomic E-state index is 0.0576. The summed E-state index contributed by atoms with van der Waals surface area (Å²) in [4.78, 5) is 49.7. The first-order chi connectivity index (χ1) is 21.2. The molecule has 0 spiro atoms. The van der Waals surface area contributed by atoms with Gasteiger partial charge in [-0.3, -0.25) is 24.0 Å². The van der Waals surface area contributed by atoms with Crippen LogP contribution in [0.15, 0.2) is 58.2 Å². The van der Waals surface area contributed by atoms with Gasteiger partial charge < -0.3 is 37.1 Å². The van der Waals surface area contributed by atoms with Crippen molar-refractivity contribution in [2.75, 3.05) is 31.1 Å². The molecule has 0 aliphatic carbocycles. The third kappa shape index (κ3) is 7.54. The summed E-state index contributed by atoms with van der Waals surface area (Å²) in [5, 5.41) is 5.90. The summed E-state index contributed by atoms with van der Waals surface area (Å²) in [5.74, 6) is -1.92. The molecule has 0 saturated heterocycles. The third-order valence-electron chi connectivity index (χ3n) is 7.04. The maximum absolute atomic E-state index is 13.2. The quantitative estimate of drug-likeness (QED) is 0.139. The first-order valence-corrected chi connectivity index (χ1v) is 17.8. The lowest BCUT2D eigenvalue weighted by atomic mass is 9.79. The number of aromatic nitrogens is 4. The molecule has 0 unspecified atom stereocenters. The number of imidazole rings is 1. The largest absolute Gasteiger partial charge is 0.369 e. The van der Waals surface area contributed by atoms with Crippen LogP contribution >= 0.6 is 63.7 Å². The number of amides is 2. The number of aromatic amines is 3. The molecular weight excluding hydrogens is 874 g/mol. The number of nitrogen functional groups attached to an aromatic ring is 1. The number of guanidine groups is 1. The van der Waals surface area contributed by atoms with Crippen molar-refractivity contribution < 1.29 is 22.6 Å². The number of halogens is 4. The van der Waals surface area contributed by atoms with Crippen LogP contribution in [0.2, 0.25) is 0 Å². The van der Waals surface area contributed by atoms with Gasteiger partial charge in [0.2, 0.25) is 5.96 Å². The molecule has 0 aromatic carbocycles. The second kappa shape index (κ2) is 13.4. The monoisotopic (exact) mass is 895 g/mol. The van der Waals surface area contributed by atoms with Crippen molar-refractivity contribution >= 4 is 103 Å². The van der Waals surface area contributed by atoms with Gasteiger partial charge in [0.05, 0.1) is 54.1 Å². The minimum Gasteiger partial charge on any atom is -0.369 e. The highest BCUT2D eigenvalue weighted by Crippen LogP contribution is 2.43. The van der Waals surface area contributed by atoms with E-state index in [9.17, 15) is 22.6 Å². The van der Waals surface area contributed by atoms with E-state index in [-0.39, 0.29) is 49.2 Å². The Morgan fingerprint density at radius 2 is 1.60 bits per heavy atom. The molecule has 3 aromatic rings. The van der Waals surface area contributed by atoms with E-state index in [4.69, 9.17) is 11.5 Å². The Morgan fingerprint density at radius 1 is 1.00 bits per heavy atom. The topological polar surface area (TPSA) is 253 Å². The van der Waals surface area contributed by atoms with E-state index in [1.54, 1.807) is 23.2 Å². The normalized spacial score (nSPS) is 20.6. The molecule has 5 rings (SSSR count). The molecule has 2 aliphatic rings. The smallest absolute Gasteiger partial charge is 0.267 e.